The predicted octanol–water partition coefficient (Wildman–Crippen LogP) is 4.26. The number of amidine groups is 1. The lowest BCUT2D eigenvalue weighted by molar-refractivity contribution is -0.113. The van der Waals surface area contributed by atoms with Crippen LogP contribution in [0.4, 0.5) is 0 Å². The van der Waals surface area contributed by atoms with Gasteiger partial charge in [-0.25, -0.2) is 0 Å². The van der Waals surface area contributed by atoms with E-state index >= 15 is 0 Å². The van der Waals surface area contributed by atoms with Crippen molar-refractivity contribution in [1.29, 1.82) is 0 Å². The molecule has 0 spiro atoms. The number of amides is 1. The Morgan fingerprint density at radius 1 is 1.12 bits per heavy atom. The van der Waals surface area contributed by atoms with Crippen molar-refractivity contribution in [3.8, 4) is 0 Å². The number of rotatable bonds is 3. The van der Waals surface area contributed by atoms with Gasteiger partial charge in [0, 0.05) is 36.6 Å². The van der Waals surface area contributed by atoms with Crippen molar-refractivity contribution in [3.63, 3.8) is 0 Å². The van der Waals surface area contributed by atoms with E-state index in [1.165, 1.54) is 17.3 Å². The number of carbonyl (C=O) groups excluding carboxylic acids is 1. The Balaban J connectivity index is 1.34. The van der Waals surface area contributed by atoms with Gasteiger partial charge in [0.15, 0.2) is 5.17 Å². The largest absolute Gasteiger partial charge is 0.348 e. The molecule has 1 saturated heterocycles. The van der Waals surface area contributed by atoms with Gasteiger partial charge in [0.1, 0.15) is 0 Å². The fourth-order valence-corrected chi connectivity index (χ4v) is 5.19. The topological polar surface area (TPSA) is 53.7 Å². The smallest absolute Gasteiger partial charge is 0.286 e. The number of aromatic nitrogens is 2. The quantitative estimate of drug-likeness (QED) is 0.541. The Labute approximate surface area is 196 Å². The Morgan fingerprint density at radius 2 is 1.94 bits per heavy atom. The van der Waals surface area contributed by atoms with Crippen LogP contribution in [0.25, 0.3) is 17.0 Å². The summed E-state index contributed by atoms with van der Waals surface area (Å²) in [6, 6.07) is 12.1. The molecule has 164 valence electrons. The number of aliphatic imine (C=N–C) groups is 1. The minimum Gasteiger partial charge on any atom is -0.348 e. The molecule has 2 aliphatic heterocycles. The number of nitrogens with zero attached hydrogens (tertiary/aromatic N) is 5. The lowest BCUT2D eigenvalue weighted by Crippen LogP contribution is -2.46. The van der Waals surface area contributed by atoms with Gasteiger partial charge in [-0.15, -0.1) is 0 Å². The van der Waals surface area contributed by atoms with E-state index in [2.05, 4.69) is 46.0 Å². The van der Waals surface area contributed by atoms with Gasteiger partial charge in [0.05, 0.1) is 23.2 Å². The van der Waals surface area contributed by atoms with Gasteiger partial charge >= 0.3 is 0 Å². The maximum atomic E-state index is 12.5. The van der Waals surface area contributed by atoms with Crippen molar-refractivity contribution in [1.82, 2.24) is 19.6 Å². The highest BCUT2D eigenvalue weighted by molar-refractivity contribution is 8.18. The Morgan fingerprint density at radius 3 is 2.72 bits per heavy atom. The van der Waals surface area contributed by atoms with Gasteiger partial charge in [-0.05, 0) is 72.8 Å². The van der Waals surface area contributed by atoms with Gasteiger partial charge < -0.3 is 9.80 Å². The second-order valence-corrected chi connectivity index (χ2v) is 9.74. The minimum absolute atomic E-state index is 0.155. The zero-order chi connectivity index (χ0) is 22.2. The van der Waals surface area contributed by atoms with Crippen LogP contribution in [0.2, 0.25) is 5.02 Å². The summed E-state index contributed by atoms with van der Waals surface area (Å²) in [5.74, 6) is -0.155. The van der Waals surface area contributed by atoms with E-state index < -0.39 is 0 Å². The highest BCUT2D eigenvalue weighted by atomic mass is 35.5. The van der Waals surface area contributed by atoms with Crippen molar-refractivity contribution < 1.29 is 4.79 Å². The molecule has 2 aromatic carbocycles. The Kier molecular flexibility index (Phi) is 5.80. The highest BCUT2D eigenvalue weighted by Crippen LogP contribution is 2.31. The zero-order valence-corrected chi connectivity index (χ0v) is 19.7. The zero-order valence-electron chi connectivity index (χ0n) is 18.1. The summed E-state index contributed by atoms with van der Waals surface area (Å²) < 4.78 is 1.99. The number of hydrogen-bond acceptors (Lipinski definition) is 5. The molecule has 1 aromatic heterocycles. The van der Waals surface area contributed by atoms with Crippen LogP contribution in [0.1, 0.15) is 16.7 Å². The molecule has 0 aliphatic carbocycles. The molecule has 1 fully saturated rings. The Bertz CT molecular complexity index is 1260. The van der Waals surface area contributed by atoms with Crippen LogP contribution in [0.5, 0.6) is 0 Å². The second-order valence-electron chi connectivity index (χ2n) is 8.29. The van der Waals surface area contributed by atoms with Crippen LogP contribution in [-0.4, -0.2) is 63.9 Å². The van der Waals surface area contributed by atoms with Gasteiger partial charge in [-0.3, -0.25) is 9.48 Å². The molecule has 2 aliphatic rings. The molecule has 5 rings (SSSR count). The molecule has 32 heavy (non-hydrogen) atoms. The van der Waals surface area contributed by atoms with Crippen molar-refractivity contribution in [3.05, 3.63) is 69.2 Å². The van der Waals surface area contributed by atoms with Crippen LogP contribution >= 0.6 is 23.4 Å². The summed E-state index contributed by atoms with van der Waals surface area (Å²) in [5, 5.41) is 7.19. The van der Waals surface area contributed by atoms with Crippen molar-refractivity contribution in [2.75, 3.05) is 33.2 Å². The molecule has 6 nitrogen and oxygen atoms in total. The molecule has 0 atom stereocenters. The molecule has 3 aromatic rings. The number of piperazine rings is 1. The molecule has 3 heterocycles. The molecule has 0 unspecified atom stereocenters. The number of fused-ring (bicyclic) bond motifs is 1. The third-order valence-electron chi connectivity index (χ3n) is 5.97. The first-order chi connectivity index (χ1) is 15.5. The molecular weight excluding hydrogens is 442 g/mol. The van der Waals surface area contributed by atoms with E-state index in [1.54, 1.807) is 0 Å². The average molecular weight is 466 g/mol. The second kappa shape index (κ2) is 8.73. The SMILES string of the molecule is Cc1cc(Cl)ccc1Cn1ncc2cc(/C=C3\SC(N4CCN(C)CC4)=NC3=O)ccc21. The number of hydrogen-bond donors (Lipinski definition) is 0. The van der Waals surface area contributed by atoms with Crippen LogP contribution in [-0.2, 0) is 11.3 Å². The predicted molar refractivity (Wildman–Crippen MR) is 132 cm³/mol. The lowest BCUT2D eigenvalue weighted by atomic mass is 10.1. The van der Waals surface area contributed by atoms with E-state index in [9.17, 15) is 4.79 Å². The van der Waals surface area contributed by atoms with E-state index in [-0.39, 0.29) is 5.91 Å². The van der Waals surface area contributed by atoms with E-state index in [0.717, 1.165) is 58.4 Å². The molecule has 1 amide bonds. The van der Waals surface area contributed by atoms with Gasteiger partial charge in [0.25, 0.3) is 5.91 Å². The fraction of sp³-hybridized carbons (Fsp3) is 0.292. The number of aryl methyl sites for hydroxylation is 1. The fourth-order valence-electron chi connectivity index (χ4n) is 4.00. The van der Waals surface area contributed by atoms with Gasteiger partial charge in [-0.2, -0.15) is 10.1 Å². The minimum atomic E-state index is -0.155. The maximum absolute atomic E-state index is 12.5. The molecule has 8 heteroatoms. The summed E-state index contributed by atoms with van der Waals surface area (Å²) in [4.78, 5) is 21.9. The van der Waals surface area contributed by atoms with Crippen LogP contribution < -0.4 is 0 Å². The summed E-state index contributed by atoms with van der Waals surface area (Å²) in [7, 11) is 2.12. The standard InChI is InChI=1S/C24H24ClN5OS/c1-16-11-20(25)5-4-18(16)15-30-21-6-3-17(12-19(21)14-26-30)13-22-23(31)27-24(32-22)29-9-7-28(2)8-10-29/h3-6,11-14H,7-10,15H2,1-2H3/b22-13-. The average Bonchev–Trinajstić information content (AvgIpc) is 3.34. The van der Waals surface area contributed by atoms with Crippen molar-refractivity contribution in [2.24, 2.45) is 4.99 Å². The first kappa shape index (κ1) is 21.2. The number of carbonyl (C=O) groups is 1. The van der Waals surface area contributed by atoms with Crippen molar-refractivity contribution in [2.45, 2.75) is 13.5 Å². The third kappa shape index (κ3) is 4.33. The van der Waals surface area contributed by atoms with Gasteiger partial charge in [-0.1, -0.05) is 23.7 Å². The molecule has 0 saturated carbocycles. The summed E-state index contributed by atoms with van der Waals surface area (Å²) >= 11 is 7.56. The van der Waals surface area contributed by atoms with E-state index in [1.807, 2.05) is 41.2 Å². The summed E-state index contributed by atoms with van der Waals surface area (Å²) in [6.07, 6.45) is 3.80. The molecule has 0 N–H and O–H groups in total. The van der Waals surface area contributed by atoms with E-state index in [4.69, 9.17) is 11.6 Å². The van der Waals surface area contributed by atoms with Crippen molar-refractivity contribution >= 4 is 51.4 Å². The number of benzene rings is 2. The number of likely N-dealkylation sites (N-methyl/N-ethyl adjacent to an activating group) is 1. The number of halogens is 1. The monoisotopic (exact) mass is 465 g/mol. The molecule has 0 radical (unpaired) electrons. The maximum Gasteiger partial charge on any atom is 0.286 e. The third-order valence-corrected chi connectivity index (χ3v) is 7.25. The van der Waals surface area contributed by atoms with Gasteiger partial charge in [0.2, 0.25) is 0 Å². The summed E-state index contributed by atoms with van der Waals surface area (Å²) in [5.41, 5.74) is 4.37. The first-order valence-corrected chi connectivity index (χ1v) is 11.8. The molecular formula is C24H24ClN5OS. The first-order valence-electron chi connectivity index (χ1n) is 10.6. The summed E-state index contributed by atoms with van der Waals surface area (Å²) in [6.45, 7) is 6.53. The number of thioether (sulfide) groups is 1. The normalized spacial score (nSPS) is 18.7. The van der Waals surface area contributed by atoms with Crippen LogP contribution in [0, 0.1) is 6.92 Å². The van der Waals surface area contributed by atoms with E-state index in [0.29, 0.717) is 11.4 Å². The lowest BCUT2D eigenvalue weighted by Gasteiger charge is -2.32. The Hall–Kier alpha value is -2.61. The highest BCUT2D eigenvalue weighted by Gasteiger charge is 2.27. The van der Waals surface area contributed by atoms with Crippen LogP contribution in [0.15, 0.2) is 52.5 Å². The van der Waals surface area contributed by atoms with Crippen LogP contribution in [0.3, 0.4) is 0 Å². The molecule has 0 bridgehead atoms.